The Labute approximate surface area is 165 Å². The molecule has 1 saturated heterocycles. The lowest BCUT2D eigenvalue weighted by Gasteiger charge is -2.32. The molecule has 0 unspecified atom stereocenters. The van der Waals surface area contributed by atoms with E-state index in [2.05, 4.69) is 36.3 Å². The molecule has 0 aliphatic carbocycles. The summed E-state index contributed by atoms with van der Waals surface area (Å²) < 4.78 is 4.04. The van der Waals surface area contributed by atoms with Gasteiger partial charge in [-0.2, -0.15) is 10.2 Å². The van der Waals surface area contributed by atoms with Gasteiger partial charge in [-0.05, 0) is 62.9 Å². The van der Waals surface area contributed by atoms with E-state index in [1.807, 2.05) is 51.6 Å². The number of hydrogen-bond donors (Lipinski definition) is 0. The van der Waals surface area contributed by atoms with Gasteiger partial charge in [-0.3, -0.25) is 14.2 Å². The first kappa shape index (κ1) is 18.5. The second-order valence-electron chi connectivity index (χ2n) is 7.80. The number of piperidine rings is 1. The molecule has 0 N–H and O–H groups in total. The topological polar surface area (TPSA) is 56.0 Å². The van der Waals surface area contributed by atoms with Crippen LogP contribution < -0.4 is 0 Å². The molecule has 0 saturated carbocycles. The second-order valence-corrected chi connectivity index (χ2v) is 7.80. The van der Waals surface area contributed by atoms with Crippen LogP contribution in [0.5, 0.6) is 0 Å². The van der Waals surface area contributed by atoms with Gasteiger partial charge in [0.2, 0.25) is 0 Å². The van der Waals surface area contributed by atoms with Crippen molar-refractivity contribution in [1.29, 1.82) is 0 Å². The molecule has 146 valence electrons. The van der Waals surface area contributed by atoms with Gasteiger partial charge in [0.25, 0.3) is 5.91 Å². The molecular formula is C22H27N5O. The summed E-state index contributed by atoms with van der Waals surface area (Å²) in [6.07, 6.45) is 5.88. The summed E-state index contributed by atoms with van der Waals surface area (Å²) in [6, 6.07) is 10.4. The predicted molar refractivity (Wildman–Crippen MR) is 108 cm³/mol. The van der Waals surface area contributed by atoms with Gasteiger partial charge in [0.15, 0.2) is 0 Å². The van der Waals surface area contributed by atoms with Gasteiger partial charge in [-0.15, -0.1) is 0 Å². The van der Waals surface area contributed by atoms with Crippen LogP contribution >= 0.6 is 0 Å². The fourth-order valence-corrected chi connectivity index (χ4v) is 3.91. The van der Waals surface area contributed by atoms with Crippen LogP contribution in [0, 0.1) is 20.8 Å². The fourth-order valence-electron chi connectivity index (χ4n) is 3.91. The van der Waals surface area contributed by atoms with E-state index >= 15 is 0 Å². The lowest BCUT2D eigenvalue weighted by Crippen LogP contribution is -2.39. The van der Waals surface area contributed by atoms with Gasteiger partial charge < -0.3 is 4.90 Å². The van der Waals surface area contributed by atoms with E-state index in [-0.39, 0.29) is 5.91 Å². The van der Waals surface area contributed by atoms with Gasteiger partial charge in [0.1, 0.15) is 0 Å². The minimum Gasteiger partial charge on any atom is -0.338 e. The normalized spacial score (nSPS) is 15.2. The SMILES string of the molecule is Cc1cnn(C2CCN(C(=O)c3ccc(Cn4nc(C)cc4C)cc3)CC2)c1. The van der Waals surface area contributed by atoms with Crippen molar-refractivity contribution in [2.45, 2.75) is 46.2 Å². The van der Waals surface area contributed by atoms with Gasteiger partial charge in [-0.1, -0.05) is 12.1 Å². The van der Waals surface area contributed by atoms with E-state index in [1.165, 1.54) is 5.56 Å². The van der Waals surface area contributed by atoms with Crippen LogP contribution in [0.2, 0.25) is 0 Å². The quantitative estimate of drug-likeness (QED) is 0.699. The summed E-state index contributed by atoms with van der Waals surface area (Å²) in [6.45, 7) is 8.39. The Bertz CT molecular complexity index is 961. The standard InChI is InChI=1S/C22H27N5O/c1-16-13-23-27(14-16)21-8-10-25(11-9-21)22(28)20-6-4-19(5-7-20)15-26-18(3)12-17(2)24-26/h4-7,12-14,21H,8-11,15H2,1-3H3. The highest BCUT2D eigenvalue weighted by Crippen LogP contribution is 2.23. The van der Waals surface area contributed by atoms with Crippen molar-refractivity contribution in [3.8, 4) is 0 Å². The van der Waals surface area contributed by atoms with E-state index in [4.69, 9.17) is 0 Å². The summed E-state index contributed by atoms with van der Waals surface area (Å²) in [7, 11) is 0. The van der Waals surface area contributed by atoms with Crippen LogP contribution in [0.1, 0.15) is 51.8 Å². The highest BCUT2D eigenvalue weighted by Gasteiger charge is 2.24. The molecule has 2 aromatic heterocycles. The number of carbonyl (C=O) groups is 1. The highest BCUT2D eigenvalue weighted by molar-refractivity contribution is 5.94. The minimum atomic E-state index is 0.118. The molecule has 3 aromatic rings. The number of amides is 1. The van der Waals surface area contributed by atoms with Crippen LogP contribution in [-0.2, 0) is 6.54 Å². The number of aryl methyl sites for hydroxylation is 3. The third-order valence-electron chi connectivity index (χ3n) is 5.49. The minimum absolute atomic E-state index is 0.118. The molecule has 6 nitrogen and oxygen atoms in total. The van der Waals surface area contributed by atoms with Crippen molar-refractivity contribution >= 4 is 5.91 Å². The van der Waals surface area contributed by atoms with Crippen molar-refractivity contribution in [1.82, 2.24) is 24.5 Å². The molecule has 6 heteroatoms. The van der Waals surface area contributed by atoms with Crippen molar-refractivity contribution < 1.29 is 4.79 Å². The molecule has 28 heavy (non-hydrogen) atoms. The monoisotopic (exact) mass is 377 g/mol. The molecule has 0 spiro atoms. The molecular weight excluding hydrogens is 350 g/mol. The summed E-state index contributed by atoms with van der Waals surface area (Å²) in [5, 5.41) is 8.93. The van der Waals surface area contributed by atoms with Crippen molar-refractivity contribution in [3.63, 3.8) is 0 Å². The van der Waals surface area contributed by atoms with Gasteiger partial charge in [0, 0.05) is 30.5 Å². The number of carbonyl (C=O) groups excluding carboxylic acids is 1. The van der Waals surface area contributed by atoms with Gasteiger partial charge in [-0.25, -0.2) is 0 Å². The second kappa shape index (κ2) is 7.62. The lowest BCUT2D eigenvalue weighted by atomic mass is 10.0. The Morgan fingerprint density at radius 1 is 1.11 bits per heavy atom. The van der Waals surface area contributed by atoms with Crippen molar-refractivity contribution in [2.24, 2.45) is 0 Å². The molecule has 0 radical (unpaired) electrons. The molecule has 1 aliphatic heterocycles. The summed E-state index contributed by atoms with van der Waals surface area (Å²) in [5.74, 6) is 0.118. The maximum atomic E-state index is 12.9. The smallest absolute Gasteiger partial charge is 0.253 e. The van der Waals surface area contributed by atoms with Crippen LogP contribution in [0.3, 0.4) is 0 Å². The third kappa shape index (κ3) is 3.86. The molecule has 1 fully saturated rings. The molecule has 0 atom stereocenters. The number of aromatic nitrogens is 4. The molecule has 4 rings (SSSR count). The van der Waals surface area contributed by atoms with Crippen LogP contribution in [-0.4, -0.2) is 43.5 Å². The first-order valence-electron chi connectivity index (χ1n) is 9.89. The maximum Gasteiger partial charge on any atom is 0.253 e. The first-order valence-corrected chi connectivity index (χ1v) is 9.89. The van der Waals surface area contributed by atoms with Crippen LogP contribution in [0.25, 0.3) is 0 Å². The van der Waals surface area contributed by atoms with E-state index in [0.29, 0.717) is 6.04 Å². The summed E-state index contributed by atoms with van der Waals surface area (Å²) in [4.78, 5) is 14.8. The molecule has 1 aromatic carbocycles. The number of benzene rings is 1. The zero-order valence-electron chi connectivity index (χ0n) is 16.8. The molecule has 3 heterocycles. The number of nitrogens with zero attached hydrogens (tertiary/aromatic N) is 5. The van der Waals surface area contributed by atoms with Crippen molar-refractivity contribution in [2.75, 3.05) is 13.1 Å². The Hall–Kier alpha value is -2.89. The Morgan fingerprint density at radius 3 is 2.39 bits per heavy atom. The zero-order valence-corrected chi connectivity index (χ0v) is 16.8. The number of hydrogen-bond acceptors (Lipinski definition) is 3. The Kier molecular flexibility index (Phi) is 5.03. The molecule has 1 amide bonds. The zero-order chi connectivity index (χ0) is 19.7. The summed E-state index contributed by atoms with van der Waals surface area (Å²) in [5.41, 5.74) is 5.26. The maximum absolute atomic E-state index is 12.9. The average Bonchev–Trinajstić information content (AvgIpc) is 3.27. The van der Waals surface area contributed by atoms with E-state index < -0.39 is 0 Å². The van der Waals surface area contributed by atoms with E-state index in [1.54, 1.807) is 0 Å². The van der Waals surface area contributed by atoms with Gasteiger partial charge >= 0.3 is 0 Å². The molecule has 1 aliphatic rings. The molecule has 0 bridgehead atoms. The highest BCUT2D eigenvalue weighted by atomic mass is 16.2. The average molecular weight is 377 g/mol. The van der Waals surface area contributed by atoms with E-state index in [9.17, 15) is 4.79 Å². The third-order valence-corrected chi connectivity index (χ3v) is 5.49. The van der Waals surface area contributed by atoms with Crippen LogP contribution in [0.15, 0.2) is 42.7 Å². The van der Waals surface area contributed by atoms with E-state index in [0.717, 1.165) is 55.0 Å². The van der Waals surface area contributed by atoms with Gasteiger partial charge in [0.05, 0.1) is 24.5 Å². The Balaban J connectivity index is 1.37. The number of likely N-dealkylation sites (tertiary alicyclic amines) is 1. The lowest BCUT2D eigenvalue weighted by molar-refractivity contribution is 0.0690. The summed E-state index contributed by atoms with van der Waals surface area (Å²) >= 11 is 0. The largest absolute Gasteiger partial charge is 0.338 e. The first-order chi connectivity index (χ1) is 13.5. The predicted octanol–water partition coefficient (Wildman–Crippen LogP) is 3.53. The number of rotatable bonds is 4. The van der Waals surface area contributed by atoms with Crippen molar-refractivity contribution in [3.05, 3.63) is 70.8 Å². The fraction of sp³-hybridized carbons (Fsp3) is 0.409. The van der Waals surface area contributed by atoms with Crippen LogP contribution in [0.4, 0.5) is 0 Å². The Morgan fingerprint density at radius 2 is 1.82 bits per heavy atom.